The van der Waals surface area contributed by atoms with Gasteiger partial charge in [-0.1, -0.05) is 31.4 Å². The van der Waals surface area contributed by atoms with Crippen molar-refractivity contribution in [2.24, 2.45) is 0 Å². The van der Waals surface area contributed by atoms with Crippen LogP contribution in [0.25, 0.3) is 0 Å². The summed E-state index contributed by atoms with van der Waals surface area (Å²) in [7, 11) is 2.14. The molecule has 3 amide bonds. The fourth-order valence-corrected chi connectivity index (χ4v) is 4.62. The van der Waals surface area contributed by atoms with E-state index >= 15 is 0 Å². The second-order valence-corrected chi connectivity index (χ2v) is 10.3. The van der Waals surface area contributed by atoms with Gasteiger partial charge in [-0.2, -0.15) is 0 Å². The molecular formula is C26H39N3O4. The molecule has 2 aliphatic rings. The lowest BCUT2D eigenvalue weighted by molar-refractivity contribution is 0.0219. The summed E-state index contributed by atoms with van der Waals surface area (Å²) >= 11 is 0. The van der Waals surface area contributed by atoms with Gasteiger partial charge in [0.25, 0.3) is 11.8 Å². The van der Waals surface area contributed by atoms with E-state index in [1.165, 1.54) is 37.0 Å². The molecule has 3 rings (SSSR count). The predicted molar refractivity (Wildman–Crippen MR) is 128 cm³/mol. The molecule has 0 spiro atoms. The van der Waals surface area contributed by atoms with Crippen LogP contribution in [0.3, 0.4) is 0 Å². The second-order valence-electron chi connectivity index (χ2n) is 10.3. The molecule has 33 heavy (non-hydrogen) atoms. The molecular weight excluding hydrogens is 418 g/mol. The predicted octanol–water partition coefficient (Wildman–Crippen LogP) is 4.56. The third kappa shape index (κ3) is 6.79. The van der Waals surface area contributed by atoms with Crippen LogP contribution in [0, 0.1) is 0 Å². The fraction of sp³-hybridized carbons (Fsp3) is 0.654. The molecule has 0 bridgehead atoms. The Kier molecular flexibility index (Phi) is 8.51. The van der Waals surface area contributed by atoms with E-state index in [9.17, 15) is 14.4 Å². The average molecular weight is 458 g/mol. The number of carbonyl (C=O) groups is 3. The summed E-state index contributed by atoms with van der Waals surface area (Å²) in [5, 5.41) is 0. The maximum atomic E-state index is 12.8. The number of hydrogen-bond acceptors (Lipinski definition) is 5. The number of benzene rings is 1. The molecule has 7 heteroatoms. The Morgan fingerprint density at radius 3 is 2.15 bits per heavy atom. The highest BCUT2D eigenvalue weighted by Crippen LogP contribution is 2.23. The van der Waals surface area contributed by atoms with Gasteiger partial charge < -0.3 is 14.5 Å². The number of likely N-dealkylation sites (N-methyl/N-ethyl adjacent to an activating group) is 1. The van der Waals surface area contributed by atoms with Gasteiger partial charge in [0.15, 0.2) is 0 Å². The molecule has 1 aliphatic carbocycles. The van der Waals surface area contributed by atoms with E-state index in [1.54, 1.807) is 29.2 Å². The van der Waals surface area contributed by atoms with Crippen LogP contribution in [0.4, 0.5) is 4.79 Å². The summed E-state index contributed by atoms with van der Waals surface area (Å²) in [5.74, 6) is -0.456. The van der Waals surface area contributed by atoms with Crippen molar-refractivity contribution in [3.63, 3.8) is 0 Å². The molecule has 1 aliphatic heterocycles. The van der Waals surface area contributed by atoms with Crippen LogP contribution in [0.5, 0.6) is 0 Å². The van der Waals surface area contributed by atoms with E-state index in [0.717, 1.165) is 6.54 Å². The summed E-state index contributed by atoms with van der Waals surface area (Å²) in [6.45, 7) is 7.93. The second kappa shape index (κ2) is 11.1. The number of amides is 3. The summed E-state index contributed by atoms with van der Waals surface area (Å²) in [5.41, 5.74) is 0.400. The quantitative estimate of drug-likeness (QED) is 0.401. The SMILES string of the molecule is CN(CCN(CCCCN1C(=O)c2ccccc2C1=O)C(=O)OC(C)(C)C)C1CCCCC1. The highest BCUT2D eigenvalue weighted by atomic mass is 16.6. The van der Waals surface area contributed by atoms with Gasteiger partial charge in [-0.25, -0.2) is 4.79 Å². The molecule has 7 nitrogen and oxygen atoms in total. The smallest absolute Gasteiger partial charge is 0.410 e. The Morgan fingerprint density at radius 1 is 0.970 bits per heavy atom. The van der Waals surface area contributed by atoms with Crippen LogP contribution >= 0.6 is 0 Å². The molecule has 0 radical (unpaired) electrons. The Morgan fingerprint density at radius 2 is 1.58 bits per heavy atom. The third-order valence-electron chi connectivity index (χ3n) is 6.51. The molecule has 1 heterocycles. The number of nitrogens with zero attached hydrogens (tertiary/aromatic N) is 3. The van der Waals surface area contributed by atoms with Gasteiger partial charge >= 0.3 is 6.09 Å². The van der Waals surface area contributed by atoms with Crippen LogP contribution in [-0.2, 0) is 4.74 Å². The van der Waals surface area contributed by atoms with Crippen molar-refractivity contribution in [2.75, 3.05) is 33.2 Å². The van der Waals surface area contributed by atoms with Crippen molar-refractivity contribution in [2.45, 2.75) is 77.4 Å². The fourth-order valence-electron chi connectivity index (χ4n) is 4.62. The zero-order valence-corrected chi connectivity index (χ0v) is 20.6. The first-order valence-corrected chi connectivity index (χ1v) is 12.3. The summed E-state index contributed by atoms with van der Waals surface area (Å²) in [6.07, 6.45) is 7.36. The Balaban J connectivity index is 1.51. The highest BCUT2D eigenvalue weighted by molar-refractivity contribution is 6.21. The van der Waals surface area contributed by atoms with Crippen molar-refractivity contribution in [1.82, 2.24) is 14.7 Å². The molecule has 0 saturated heterocycles. The van der Waals surface area contributed by atoms with Gasteiger partial charge in [0.2, 0.25) is 0 Å². The lowest BCUT2D eigenvalue weighted by atomic mass is 9.94. The molecule has 1 aromatic rings. The van der Waals surface area contributed by atoms with Gasteiger partial charge in [0.1, 0.15) is 5.60 Å². The molecule has 1 aromatic carbocycles. The number of fused-ring (bicyclic) bond motifs is 1. The Labute approximate surface area is 198 Å². The summed E-state index contributed by atoms with van der Waals surface area (Å²) in [6, 6.07) is 7.53. The van der Waals surface area contributed by atoms with Crippen molar-refractivity contribution in [3.8, 4) is 0 Å². The van der Waals surface area contributed by atoms with E-state index in [0.29, 0.717) is 49.6 Å². The van der Waals surface area contributed by atoms with E-state index < -0.39 is 5.60 Å². The Bertz CT molecular complexity index is 807. The number of ether oxygens (including phenoxy) is 1. The first-order valence-electron chi connectivity index (χ1n) is 12.3. The number of hydrogen-bond donors (Lipinski definition) is 0. The summed E-state index contributed by atoms with van der Waals surface area (Å²) in [4.78, 5) is 43.4. The van der Waals surface area contributed by atoms with Gasteiger partial charge in [-0.3, -0.25) is 14.5 Å². The van der Waals surface area contributed by atoms with Gasteiger partial charge in [-0.05, 0) is 65.6 Å². The lowest BCUT2D eigenvalue weighted by Gasteiger charge is -2.33. The first-order chi connectivity index (χ1) is 15.7. The highest BCUT2D eigenvalue weighted by Gasteiger charge is 2.34. The number of unbranched alkanes of at least 4 members (excludes halogenated alkanes) is 1. The standard InChI is InChI=1S/C26H39N3O4/c1-26(2,3)33-25(32)28(19-18-27(4)20-12-6-5-7-13-20)16-10-11-17-29-23(30)21-14-8-9-15-22(21)24(29)31/h8-9,14-15,20H,5-7,10-13,16-19H2,1-4H3. The molecule has 0 aromatic heterocycles. The van der Waals surface area contributed by atoms with Crippen molar-refractivity contribution in [3.05, 3.63) is 35.4 Å². The summed E-state index contributed by atoms with van der Waals surface area (Å²) < 4.78 is 5.63. The van der Waals surface area contributed by atoms with Crippen molar-refractivity contribution < 1.29 is 19.1 Å². The van der Waals surface area contributed by atoms with Gasteiger partial charge in [-0.15, -0.1) is 0 Å². The Hall–Kier alpha value is -2.41. The van der Waals surface area contributed by atoms with Crippen LogP contribution in [-0.4, -0.2) is 77.5 Å². The third-order valence-corrected chi connectivity index (χ3v) is 6.51. The molecule has 0 N–H and O–H groups in total. The largest absolute Gasteiger partial charge is 0.444 e. The maximum absolute atomic E-state index is 12.8. The number of rotatable bonds is 9. The minimum Gasteiger partial charge on any atom is -0.444 e. The number of carbonyl (C=O) groups excluding carboxylic acids is 3. The minimum absolute atomic E-state index is 0.228. The zero-order chi connectivity index (χ0) is 24.0. The van der Waals surface area contributed by atoms with Crippen LogP contribution < -0.4 is 0 Å². The molecule has 0 unspecified atom stereocenters. The monoisotopic (exact) mass is 457 g/mol. The number of imide groups is 1. The van der Waals surface area contributed by atoms with E-state index in [4.69, 9.17) is 4.74 Å². The maximum Gasteiger partial charge on any atom is 0.410 e. The average Bonchev–Trinajstić information content (AvgIpc) is 3.02. The minimum atomic E-state index is -0.551. The van der Waals surface area contributed by atoms with Crippen LogP contribution in [0.1, 0.15) is 86.4 Å². The van der Waals surface area contributed by atoms with E-state index in [2.05, 4.69) is 11.9 Å². The topological polar surface area (TPSA) is 70.2 Å². The van der Waals surface area contributed by atoms with Crippen LogP contribution in [0.15, 0.2) is 24.3 Å². The lowest BCUT2D eigenvalue weighted by Crippen LogP contribution is -2.44. The van der Waals surface area contributed by atoms with Crippen molar-refractivity contribution >= 4 is 17.9 Å². The van der Waals surface area contributed by atoms with Gasteiger partial charge in [0, 0.05) is 32.2 Å². The normalized spacial score (nSPS) is 16.9. The molecule has 0 atom stereocenters. The van der Waals surface area contributed by atoms with Crippen LogP contribution in [0.2, 0.25) is 0 Å². The first kappa shape index (κ1) is 25.2. The van der Waals surface area contributed by atoms with Gasteiger partial charge in [0.05, 0.1) is 11.1 Å². The van der Waals surface area contributed by atoms with E-state index in [-0.39, 0.29) is 17.9 Å². The van der Waals surface area contributed by atoms with Crippen molar-refractivity contribution in [1.29, 1.82) is 0 Å². The zero-order valence-electron chi connectivity index (χ0n) is 20.6. The molecule has 1 saturated carbocycles. The molecule has 182 valence electrons. The molecule has 1 fully saturated rings. The van der Waals surface area contributed by atoms with E-state index in [1.807, 2.05) is 20.8 Å².